The van der Waals surface area contributed by atoms with Crippen molar-refractivity contribution in [1.82, 2.24) is 0 Å². The SMILES string of the molecule is N#C/C(=C(/C#N)c1ccc(Nc2ccc(-c3ccccc3)cc2)cc1)c1ccc(Nc2ccc(-c3ccccc3)cc2)cc1. The molecule has 0 saturated heterocycles. The van der Waals surface area contributed by atoms with Crippen molar-refractivity contribution >= 4 is 33.9 Å². The minimum absolute atomic E-state index is 0.337. The maximum absolute atomic E-state index is 10.0. The highest BCUT2D eigenvalue weighted by atomic mass is 14.9. The van der Waals surface area contributed by atoms with Crippen LogP contribution in [0.2, 0.25) is 0 Å². The van der Waals surface area contributed by atoms with Crippen LogP contribution in [-0.2, 0) is 0 Å². The fraction of sp³-hybridized carbons (Fsp3) is 0. The third-order valence-corrected chi connectivity index (χ3v) is 7.38. The Balaban J connectivity index is 1.14. The lowest BCUT2D eigenvalue weighted by Gasteiger charge is -2.11. The fourth-order valence-electron chi connectivity index (χ4n) is 5.06. The number of allylic oxidation sites excluding steroid dienone is 2. The number of hydrogen-bond donors (Lipinski definition) is 2. The zero-order valence-electron chi connectivity index (χ0n) is 23.9. The van der Waals surface area contributed by atoms with Gasteiger partial charge >= 0.3 is 0 Å². The molecule has 2 N–H and O–H groups in total. The van der Waals surface area contributed by atoms with E-state index in [2.05, 4.69) is 71.3 Å². The van der Waals surface area contributed by atoms with Crippen LogP contribution in [0.25, 0.3) is 33.4 Å². The first-order valence-corrected chi connectivity index (χ1v) is 14.3. The van der Waals surface area contributed by atoms with Gasteiger partial charge in [-0.1, -0.05) is 109 Å². The summed E-state index contributed by atoms with van der Waals surface area (Å²) in [5.74, 6) is 0. The van der Waals surface area contributed by atoms with Gasteiger partial charge in [-0.15, -0.1) is 0 Å². The molecule has 6 aromatic carbocycles. The Morgan fingerprint density at radius 2 is 0.614 bits per heavy atom. The second-order valence-corrected chi connectivity index (χ2v) is 10.3. The van der Waals surface area contributed by atoms with E-state index in [9.17, 15) is 10.5 Å². The molecular weight excluding hydrogens is 536 g/mol. The number of nitriles is 2. The van der Waals surface area contributed by atoms with Gasteiger partial charge in [0.15, 0.2) is 0 Å². The second kappa shape index (κ2) is 13.1. The van der Waals surface area contributed by atoms with Crippen molar-refractivity contribution < 1.29 is 0 Å². The molecule has 0 radical (unpaired) electrons. The molecule has 6 rings (SSSR count). The van der Waals surface area contributed by atoms with E-state index in [0.29, 0.717) is 22.3 Å². The lowest BCUT2D eigenvalue weighted by molar-refractivity contribution is 1.48. The van der Waals surface area contributed by atoms with Gasteiger partial charge in [-0.2, -0.15) is 10.5 Å². The number of hydrogen-bond acceptors (Lipinski definition) is 4. The van der Waals surface area contributed by atoms with Crippen molar-refractivity contribution in [3.63, 3.8) is 0 Å². The largest absolute Gasteiger partial charge is 0.356 e. The molecule has 0 saturated carbocycles. The minimum atomic E-state index is 0.337. The Hall–Kier alpha value is -6.36. The van der Waals surface area contributed by atoms with E-state index in [1.54, 1.807) is 0 Å². The number of nitrogens with zero attached hydrogens (tertiary/aromatic N) is 2. The summed E-state index contributed by atoms with van der Waals surface area (Å²) >= 11 is 0. The third-order valence-electron chi connectivity index (χ3n) is 7.38. The first-order valence-electron chi connectivity index (χ1n) is 14.3. The summed E-state index contributed by atoms with van der Waals surface area (Å²) in [4.78, 5) is 0. The van der Waals surface area contributed by atoms with E-state index in [-0.39, 0.29) is 0 Å². The van der Waals surface area contributed by atoms with Gasteiger partial charge in [0, 0.05) is 22.7 Å². The quantitative estimate of drug-likeness (QED) is 0.142. The molecule has 0 aliphatic carbocycles. The van der Waals surface area contributed by atoms with Gasteiger partial charge < -0.3 is 10.6 Å². The predicted octanol–water partition coefficient (Wildman–Crippen LogP) is 10.5. The number of rotatable bonds is 8. The molecule has 0 spiro atoms. The maximum Gasteiger partial charge on any atom is 0.101 e. The number of benzene rings is 6. The van der Waals surface area contributed by atoms with Crippen LogP contribution in [-0.4, -0.2) is 0 Å². The lowest BCUT2D eigenvalue weighted by Crippen LogP contribution is -1.94. The van der Waals surface area contributed by atoms with Crippen molar-refractivity contribution in [3.8, 4) is 34.4 Å². The second-order valence-electron chi connectivity index (χ2n) is 10.3. The summed E-state index contributed by atoms with van der Waals surface area (Å²) < 4.78 is 0. The Labute approximate surface area is 257 Å². The van der Waals surface area contributed by atoms with Gasteiger partial charge in [-0.3, -0.25) is 0 Å². The topological polar surface area (TPSA) is 71.6 Å². The summed E-state index contributed by atoms with van der Waals surface area (Å²) in [6.07, 6.45) is 0. The smallest absolute Gasteiger partial charge is 0.101 e. The maximum atomic E-state index is 10.0. The Kier molecular flexibility index (Phi) is 8.26. The molecule has 208 valence electrons. The van der Waals surface area contributed by atoms with Crippen LogP contribution in [0.5, 0.6) is 0 Å². The Morgan fingerprint density at radius 1 is 0.341 bits per heavy atom. The van der Waals surface area contributed by atoms with E-state index in [1.165, 1.54) is 11.1 Å². The van der Waals surface area contributed by atoms with Gasteiger partial charge in [0.1, 0.15) is 12.1 Å². The molecule has 4 nitrogen and oxygen atoms in total. The van der Waals surface area contributed by atoms with Crippen molar-refractivity contribution in [1.29, 1.82) is 10.5 Å². The summed E-state index contributed by atoms with van der Waals surface area (Å²) in [7, 11) is 0. The molecule has 6 aromatic rings. The first kappa shape index (κ1) is 27.8. The normalized spacial score (nSPS) is 11.0. The van der Waals surface area contributed by atoms with Crippen molar-refractivity contribution in [2.75, 3.05) is 10.6 Å². The van der Waals surface area contributed by atoms with Gasteiger partial charge in [-0.05, 0) is 81.9 Å². The number of nitrogens with one attached hydrogen (secondary N) is 2. The third kappa shape index (κ3) is 6.42. The van der Waals surface area contributed by atoms with Crippen LogP contribution < -0.4 is 10.6 Å². The Morgan fingerprint density at radius 3 is 0.909 bits per heavy atom. The van der Waals surface area contributed by atoms with Crippen LogP contribution in [0.4, 0.5) is 22.7 Å². The van der Waals surface area contributed by atoms with E-state index in [1.807, 2.05) is 109 Å². The highest BCUT2D eigenvalue weighted by molar-refractivity contribution is 6.03. The summed E-state index contributed by atoms with van der Waals surface area (Å²) in [6.45, 7) is 0. The van der Waals surface area contributed by atoms with E-state index >= 15 is 0 Å². The molecule has 0 aromatic heterocycles. The molecule has 0 aliphatic heterocycles. The van der Waals surface area contributed by atoms with Crippen molar-refractivity contribution in [2.24, 2.45) is 0 Å². The zero-order valence-corrected chi connectivity index (χ0v) is 23.9. The average molecular weight is 565 g/mol. The van der Waals surface area contributed by atoms with E-state index < -0.39 is 0 Å². The van der Waals surface area contributed by atoms with Crippen molar-refractivity contribution in [3.05, 3.63) is 169 Å². The molecule has 0 atom stereocenters. The summed E-state index contributed by atoms with van der Waals surface area (Å²) in [5.41, 5.74) is 10.4. The molecule has 0 amide bonds. The zero-order chi connectivity index (χ0) is 30.1. The van der Waals surface area contributed by atoms with Gasteiger partial charge in [-0.25, -0.2) is 0 Å². The van der Waals surface area contributed by atoms with E-state index in [4.69, 9.17) is 0 Å². The van der Waals surface area contributed by atoms with E-state index in [0.717, 1.165) is 33.9 Å². The molecule has 0 fully saturated rings. The molecule has 0 aliphatic rings. The minimum Gasteiger partial charge on any atom is -0.356 e. The standard InChI is InChI=1S/C40H28N4/c41-27-39(33-15-23-37(24-16-33)43-35-19-11-31(12-20-35)29-7-3-1-4-8-29)40(28-42)34-17-25-38(26-18-34)44-36-21-13-32(14-22-36)30-9-5-2-6-10-30/h1-26,43-44H/b40-39+. The molecule has 0 heterocycles. The molecule has 0 bridgehead atoms. The van der Waals surface area contributed by atoms with Gasteiger partial charge in [0.05, 0.1) is 11.1 Å². The van der Waals surface area contributed by atoms with Crippen LogP contribution in [0.1, 0.15) is 11.1 Å². The number of anilines is 4. The molecule has 4 heteroatoms. The molecule has 44 heavy (non-hydrogen) atoms. The monoisotopic (exact) mass is 564 g/mol. The molecule has 0 unspecified atom stereocenters. The first-order chi connectivity index (χ1) is 21.7. The molecular formula is C40H28N4. The summed E-state index contributed by atoms with van der Waals surface area (Å²) in [6, 6.07) is 56.7. The van der Waals surface area contributed by atoms with Crippen molar-refractivity contribution in [2.45, 2.75) is 0 Å². The van der Waals surface area contributed by atoms with Crippen LogP contribution in [0, 0.1) is 22.7 Å². The highest BCUT2D eigenvalue weighted by Crippen LogP contribution is 2.30. The fourth-order valence-corrected chi connectivity index (χ4v) is 5.06. The van der Waals surface area contributed by atoms with Crippen LogP contribution >= 0.6 is 0 Å². The predicted molar refractivity (Wildman–Crippen MR) is 181 cm³/mol. The van der Waals surface area contributed by atoms with Crippen LogP contribution in [0.15, 0.2) is 158 Å². The van der Waals surface area contributed by atoms with Crippen LogP contribution in [0.3, 0.4) is 0 Å². The van der Waals surface area contributed by atoms with Gasteiger partial charge in [0.25, 0.3) is 0 Å². The highest BCUT2D eigenvalue weighted by Gasteiger charge is 2.12. The Bertz CT molecular complexity index is 1810. The summed E-state index contributed by atoms with van der Waals surface area (Å²) in [5, 5.41) is 26.9. The average Bonchev–Trinajstić information content (AvgIpc) is 3.09. The van der Waals surface area contributed by atoms with Gasteiger partial charge in [0.2, 0.25) is 0 Å². The lowest BCUT2D eigenvalue weighted by atomic mass is 9.96.